The van der Waals surface area contributed by atoms with Crippen LogP contribution < -0.4 is 14.2 Å². The van der Waals surface area contributed by atoms with Gasteiger partial charge in [-0.3, -0.25) is 9.59 Å². The molecule has 0 N–H and O–H groups in total. The molecule has 0 saturated carbocycles. The van der Waals surface area contributed by atoms with Gasteiger partial charge in [0.2, 0.25) is 12.7 Å². The molecule has 194 valence electrons. The van der Waals surface area contributed by atoms with Crippen LogP contribution in [0, 0.1) is 0 Å². The highest BCUT2D eigenvalue weighted by Crippen LogP contribution is 2.35. The molecule has 1 unspecified atom stereocenters. The molecule has 37 heavy (non-hydrogen) atoms. The Hall–Kier alpha value is -3.52. The number of benzene rings is 2. The van der Waals surface area contributed by atoms with E-state index in [4.69, 9.17) is 14.2 Å². The number of ether oxygens (including phenoxy) is 3. The molecule has 0 radical (unpaired) electrons. The van der Waals surface area contributed by atoms with E-state index in [2.05, 4.69) is 37.4 Å². The summed E-state index contributed by atoms with van der Waals surface area (Å²) in [5.74, 6) is 2.12. The first-order valence-corrected chi connectivity index (χ1v) is 13.6. The van der Waals surface area contributed by atoms with Gasteiger partial charge in [-0.1, -0.05) is 26.0 Å². The molecule has 2 amide bonds. The molecule has 5 rings (SSSR count). The van der Waals surface area contributed by atoms with Crippen LogP contribution in [-0.4, -0.2) is 54.6 Å². The second-order valence-corrected chi connectivity index (χ2v) is 10.6. The topological polar surface area (TPSA) is 68.3 Å². The minimum Gasteiger partial charge on any atom is -0.491 e. The van der Waals surface area contributed by atoms with Crippen molar-refractivity contribution in [3.63, 3.8) is 0 Å². The lowest BCUT2D eigenvalue weighted by molar-refractivity contribution is -0.135. The third-order valence-corrected chi connectivity index (χ3v) is 7.98. The number of thiophene rings is 1. The fourth-order valence-electron chi connectivity index (χ4n) is 4.79. The molecule has 0 saturated heterocycles. The van der Waals surface area contributed by atoms with Gasteiger partial charge in [0.1, 0.15) is 18.9 Å². The molecule has 2 aromatic carbocycles. The van der Waals surface area contributed by atoms with Crippen LogP contribution in [0.3, 0.4) is 0 Å². The Balaban J connectivity index is 1.30. The summed E-state index contributed by atoms with van der Waals surface area (Å²) in [6.07, 6.45) is 0.806. The van der Waals surface area contributed by atoms with Crippen molar-refractivity contribution in [2.24, 2.45) is 0 Å². The minimum absolute atomic E-state index is 0.00281. The summed E-state index contributed by atoms with van der Waals surface area (Å²) in [5.41, 5.74) is 2.87. The van der Waals surface area contributed by atoms with Crippen LogP contribution in [0.25, 0.3) is 0 Å². The zero-order valence-corrected chi connectivity index (χ0v) is 22.3. The first kappa shape index (κ1) is 25.1. The van der Waals surface area contributed by atoms with E-state index in [1.807, 2.05) is 24.0 Å². The fourth-order valence-corrected chi connectivity index (χ4v) is 5.72. The van der Waals surface area contributed by atoms with Crippen molar-refractivity contribution in [3.8, 4) is 17.2 Å². The van der Waals surface area contributed by atoms with E-state index < -0.39 is 0 Å². The van der Waals surface area contributed by atoms with Crippen molar-refractivity contribution < 1.29 is 23.8 Å². The normalized spacial score (nSPS) is 16.0. The Bertz CT molecular complexity index is 1270. The summed E-state index contributed by atoms with van der Waals surface area (Å²) in [5, 5.41) is 2.07. The zero-order chi connectivity index (χ0) is 25.9. The van der Waals surface area contributed by atoms with E-state index in [9.17, 15) is 9.59 Å². The van der Waals surface area contributed by atoms with Crippen LogP contribution >= 0.6 is 11.3 Å². The summed E-state index contributed by atoms with van der Waals surface area (Å²) in [6.45, 7) is 7.73. The van der Waals surface area contributed by atoms with Gasteiger partial charge in [-0.2, -0.15) is 0 Å². The SMILES string of the molecule is CCN(CC(=O)N1CCc2sccc2C1COc1ccc(C(C)C)cc1)C(=O)c1ccc2c(c1)OCO2. The Kier molecular flexibility index (Phi) is 7.37. The smallest absolute Gasteiger partial charge is 0.254 e. The lowest BCUT2D eigenvalue weighted by Crippen LogP contribution is -2.47. The summed E-state index contributed by atoms with van der Waals surface area (Å²) >= 11 is 1.72. The second kappa shape index (κ2) is 10.8. The Morgan fingerprint density at radius 3 is 2.65 bits per heavy atom. The number of hydrogen-bond acceptors (Lipinski definition) is 6. The number of hydrogen-bond donors (Lipinski definition) is 0. The highest BCUT2D eigenvalue weighted by molar-refractivity contribution is 7.10. The standard InChI is InChI=1S/C29H32N2O5S/c1-4-30(29(33)21-7-10-25-26(15-21)36-18-35-25)16-28(32)31-13-11-27-23(12-14-37-27)24(31)17-34-22-8-5-20(6-9-22)19(2)3/h5-10,12,14-15,19,24H,4,11,13,16-18H2,1-3H3. The molecule has 0 fully saturated rings. The molecule has 0 bridgehead atoms. The van der Waals surface area contributed by atoms with E-state index in [1.165, 1.54) is 10.4 Å². The zero-order valence-electron chi connectivity index (χ0n) is 21.4. The largest absolute Gasteiger partial charge is 0.491 e. The van der Waals surface area contributed by atoms with E-state index in [-0.39, 0.29) is 31.2 Å². The molecule has 2 aliphatic rings. The quantitative estimate of drug-likeness (QED) is 0.405. The predicted molar refractivity (Wildman–Crippen MR) is 143 cm³/mol. The number of likely N-dealkylation sites (N-methyl/N-ethyl adjacent to an activating group) is 1. The summed E-state index contributed by atoms with van der Waals surface area (Å²) in [4.78, 5) is 31.6. The molecule has 1 atom stereocenters. The van der Waals surface area contributed by atoms with E-state index in [0.29, 0.717) is 42.7 Å². The number of carbonyl (C=O) groups excluding carboxylic acids is 2. The third-order valence-electron chi connectivity index (χ3n) is 6.98. The fraction of sp³-hybridized carbons (Fsp3) is 0.379. The maximum absolute atomic E-state index is 13.6. The lowest BCUT2D eigenvalue weighted by Gasteiger charge is -2.37. The van der Waals surface area contributed by atoms with Gasteiger partial charge in [-0.25, -0.2) is 0 Å². The Morgan fingerprint density at radius 1 is 1.11 bits per heavy atom. The van der Waals surface area contributed by atoms with Crippen LogP contribution in [0.5, 0.6) is 17.2 Å². The van der Waals surface area contributed by atoms with Gasteiger partial charge >= 0.3 is 0 Å². The second-order valence-electron chi connectivity index (χ2n) is 9.57. The van der Waals surface area contributed by atoms with Crippen molar-refractivity contribution in [3.05, 3.63) is 75.5 Å². The van der Waals surface area contributed by atoms with Gasteiger partial charge in [0.25, 0.3) is 5.91 Å². The maximum Gasteiger partial charge on any atom is 0.254 e. The van der Waals surface area contributed by atoms with Crippen LogP contribution in [0.2, 0.25) is 0 Å². The predicted octanol–water partition coefficient (Wildman–Crippen LogP) is 5.27. The van der Waals surface area contributed by atoms with Crippen LogP contribution in [0.4, 0.5) is 0 Å². The monoisotopic (exact) mass is 520 g/mol. The molecule has 3 heterocycles. The van der Waals surface area contributed by atoms with Crippen molar-refractivity contribution in [2.75, 3.05) is 33.0 Å². The van der Waals surface area contributed by atoms with Gasteiger partial charge in [-0.15, -0.1) is 11.3 Å². The molecule has 1 aromatic heterocycles. The van der Waals surface area contributed by atoms with Gasteiger partial charge in [-0.05, 0) is 72.2 Å². The highest BCUT2D eigenvalue weighted by Gasteiger charge is 2.33. The Morgan fingerprint density at radius 2 is 1.89 bits per heavy atom. The van der Waals surface area contributed by atoms with Crippen LogP contribution in [-0.2, 0) is 11.2 Å². The van der Waals surface area contributed by atoms with Gasteiger partial charge < -0.3 is 24.0 Å². The van der Waals surface area contributed by atoms with E-state index in [0.717, 1.165) is 17.7 Å². The average molecular weight is 521 g/mol. The Labute approximate surface area is 221 Å². The molecular formula is C29H32N2O5S. The van der Waals surface area contributed by atoms with Gasteiger partial charge in [0.15, 0.2) is 11.5 Å². The molecule has 2 aliphatic heterocycles. The minimum atomic E-state index is -0.208. The molecule has 3 aromatic rings. The highest BCUT2D eigenvalue weighted by atomic mass is 32.1. The summed E-state index contributed by atoms with van der Waals surface area (Å²) in [7, 11) is 0. The number of rotatable bonds is 8. The number of nitrogens with zero attached hydrogens (tertiary/aromatic N) is 2. The van der Waals surface area contributed by atoms with Crippen LogP contribution in [0.1, 0.15) is 59.1 Å². The van der Waals surface area contributed by atoms with E-state index in [1.54, 1.807) is 34.4 Å². The lowest BCUT2D eigenvalue weighted by atomic mass is 10.00. The number of fused-ring (bicyclic) bond motifs is 2. The first-order chi connectivity index (χ1) is 17.9. The maximum atomic E-state index is 13.6. The number of carbonyl (C=O) groups is 2. The first-order valence-electron chi connectivity index (χ1n) is 12.7. The molecule has 8 heteroatoms. The average Bonchev–Trinajstić information content (AvgIpc) is 3.59. The molecular weight excluding hydrogens is 488 g/mol. The van der Waals surface area contributed by atoms with Crippen molar-refractivity contribution >= 4 is 23.2 Å². The summed E-state index contributed by atoms with van der Waals surface area (Å²) in [6, 6.07) is 15.1. The van der Waals surface area contributed by atoms with E-state index >= 15 is 0 Å². The van der Waals surface area contributed by atoms with Crippen molar-refractivity contribution in [2.45, 2.75) is 39.2 Å². The molecule has 0 aliphatic carbocycles. The molecule has 7 nitrogen and oxygen atoms in total. The number of amides is 2. The van der Waals surface area contributed by atoms with Crippen LogP contribution in [0.15, 0.2) is 53.9 Å². The van der Waals surface area contributed by atoms with Crippen molar-refractivity contribution in [1.82, 2.24) is 9.80 Å². The van der Waals surface area contributed by atoms with Gasteiger partial charge in [0, 0.05) is 23.5 Å². The van der Waals surface area contributed by atoms with Gasteiger partial charge in [0.05, 0.1) is 6.04 Å². The third kappa shape index (κ3) is 5.30. The summed E-state index contributed by atoms with van der Waals surface area (Å²) < 4.78 is 17.0. The van der Waals surface area contributed by atoms with Crippen molar-refractivity contribution in [1.29, 1.82) is 0 Å². The molecule has 0 spiro atoms.